The number of pyridine rings is 1. The molecule has 3 heterocycles. The highest BCUT2D eigenvalue weighted by Crippen LogP contribution is 2.38. The Morgan fingerprint density at radius 3 is 2.54 bits per heavy atom. The summed E-state index contributed by atoms with van der Waals surface area (Å²) in [5.74, 6) is -0.423. The zero-order valence-corrected chi connectivity index (χ0v) is 20.8. The molecule has 9 nitrogen and oxygen atoms in total. The Kier molecular flexibility index (Phi) is 6.78. The number of hydrogen-bond donors (Lipinski definition) is 2. The van der Waals surface area contributed by atoms with Crippen molar-refractivity contribution in [1.82, 2.24) is 19.7 Å². The van der Waals surface area contributed by atoms with Gasteiger partial charge in [0.25, 0.3) is 5.91 Å². The summed E-state index contributed by atoms with van der Waals surface area (Å²) in [7, 11) is 1.45. The van der Waals surface area contributed by atoms with Crippen LogP contribution >= 0.6 is 0 Å². The largest absolute Gasteiger partial charge is 0.494 e. The van der Waals surface area contributed by atoms with Gasteiger partial charge in [0.2, 0.25) is 0 Å². The van der Waals surface area contributed by atoms with Gasteiger partial charge in [-0.2, -0.15) is 18.3 Å². The fraction of sp³-hybridized carbons (Fsp3) is 0.440. The van der Waals surface area contributed by atoms with Crippen molar-refractivity contribution >= 4 is 28.6 Å². The molecule has 37 heavy (non-hydrogen) atoms. The van der Waals surface area contributed by atoms with Crippen molar-refractivity contribution in [2.45, 2.75) is 51.9 Å². The predicted molar refractivity (Wildman–Crippen MR) is 130 cm³/mol. The van der Waals surface area contributed by atoms with E-state index in [-0.39, 0.29) is 23.2 Å². The average molecular weight is 520 g/mol. The molecular weight excluding hydrogens is 491 g/mol. The number of carbonyl (C=O) groups excluding carboxylic acids is 1. The van der Waals surface area contributed by atoms with Crippen molar-refractivity contribution in [1.29, 1.82) is 0 Å². The highest BCUT2D eigenvalue weighted by atomic mass is 19.4. The first kappa shape index (κ1) is 26.2. The number of fused-ring (bicyclic) bond motifs is 1. The van der Waals surface area contributed by atoms with E-state index < -0.39 is 23.9 Å². The number of hydrogen-bond acceptors (Lipinski definition) is 5. The number of anilines is 1. The summed E-state index contributed by atoms with van der Waals surface area (Å²) >= 11 is 0. The van der Waals surface area contributed by atoms with Crippen molar-refractivity contribution in [3.63, 3.8) is 0 Å². The minimum absolute atomic E-state index is 0.0516. The maximum atomic E-state index is 13.0. The van der Waals surface area contributed by atoms with E-state index >= 15 is 0 Å². The Bertz CT molecular complexity index is 1330. The molecule has 12 heteroatoms. The topological polar surface area (TPSA) is 110 Å². The smallest absolute Gasteiger partial charge is 0.433 e. The van der Waals surface area contributed by atoms with E-state index in [0.717, 1.165) is 12.1 Å². The highest BCUT2D eigenvalue weighted by Gasteiger charge is 2.39. The van der Waals surface area contributed by atoms with Crippen LogP contribution in [0, 0.1) is 5.41 Å². The van der Waals surface area contributed by atoms with Crippen molar-refractivity contribution in [3.05, 3.63) is 47.9 Å². The number of amides is 2. The summed E-state index contributed by atoms with van der Waals surface area (Å²) in [6, 6.07) is 6.06. The van der Waals surface area contributed by atoms with Crippen LogP contribution in [0.1, 0.15) is 55.8 Å². The van der Waals surface area contributed by atoms with Crippen LogP contribution in [0.4, 0.5) is 23.7 Å². The first-order chi connectivity index (χ1) is 17.3. The Morgan fingerprint density at radius 2 is 1.92 bits per heavy atom. The van der Waals surface area contributed by atoms with Crippen molar-refractivity contribution in [2.24, 2.45) is 5.41 Å². The molecule has 198 valence electrons. The van der Waals surface area contributed by atoms with Gasteiger partial charge in [-0.25, -0.2) is 9.78 Å². The molecular formula is C25H28F3N5O4. The van der Waals surface area contributed by atoms with Gasteiger partial charge in [0.1, 0.15) is 22.7 Å². The predicted octanol–water partition coefficient (Wildman–Crippen LogP) is 5.44. The molecule has 1 fully saturated rings. The molecule has 3 aromatic rings. The van der Waals surface area contributed by atoms with E-state index in [1.54, 1.807) is 16.9 Å². The third-order valence-electron chi connectivity index (χ3n) is 6.54. The summed E-state index contributed by atoms with van der Waals surface area (Å²) in [4.78, 5) is 29.3. The van der Waals surface area contributed by atoms with E-state index in [1.807, 2.05) is 20.8 Å². The number of rotatable bonds is 4. The number of aromatic nitrogens is 3. The average Bonchev–Trinajstić information content (AvgIpc) is 3.26. The number of alkyl halides is 3. The fourth-order valence-electron chi connectivity index (χ4n) is 4.69. The molecule has 0 radical (unpaired) electrons. The van der Waals surface area contributed by atoms with Crippen LogP contribution in [-0.2, 0) is 6.18 Å². The number of carboxylic acid groups (broad SMARTS) is 1. The van der Waals surface area contributed by atoms with Crippen molar-refractivity contribution < 1.29 is 32.6 Å². The van der Waals surface area contributed by atoms with Crippen LogP contribution in [0.15, 0.2) is 36.5 Å². The molecule has 0 bridgehead atoms. The SMILES string of the molecule is COc1cc(NC(=O)c2cccc(C(F)(F)F)n2)cc2cn(C3CCN(C(=O)O)C(C(C)(C)C)C3)nc12. The van der Waals surface area contributed by atoms with Crippen LogP contribution in [0.3, 0.4) is 0 Å². The van der Waals surface area contributed by atoms with Gasteiger partial charge < -0.3 is 20.1 Å². The summed E-state index contributed by atoms with van der Waals surface area (Å²) in [5, 5.41) is 17.6. The zero-order chi connectivity index (χ0) is 27.1. The van der Waals surface area contributed by atoms with E-state index in [2.05, 4.69) is 15.4 Å². The molecule has 2 atom stereocenters. The standard InChI is InChI=1S/C25H28F3N5O4/c1-24(2,3)20-12-16(8-9-32(20)23(35)36)33-13-14-10-15(11-18(37-4)21(14)31-33)29-22(34)17-6-5-7-19(30-17)25(26,27)28/h5-7,10-11,13,16,20H,8-9,12H2,1-4H3,(H,29,34)(H,35,36). The summed E-state index contributed by atoms with van der Waals surface area (Å²) < 4.78 is 46.2. The number of likely N-dealkylation sites (tertiary alicyclic amines) is 1. The maximum Gasteiger partial charge on any atom is 0.433 e. The second-order valence-corrected chi connectivity index (χ2v) is 10.1. The minimum Gasteiger partial charge on any atom is -0.494 e. The molecule has 2 N–H and O–H groups in total. The normalized spacial score (nSPS) is 18.6. The van der Waals surface area contributed by atoms with Gasteiger partial charge in [0.05, 0.1) is 13.2 Å². The number of benzene rings is 1. The zero-order valence-electron chi connectivity index (χ0n) is 20.8. The first-order valence-electron chi connectivity index (χ1n) is 11.7. The van der Waals surface area contributed by atoms with Crippen molar-refractivity contribution in [3.8, 4) is 5.75 Å². The number of carbonyl (C=O) groups is 2. The number of methoxy groups -OCH3 is 1. The molecule has 1 saturated heterocycles. The third-order valence-corrected chi connectivity index (χ3v) is 6.54. The quantitative estimate of drug-likeness (QED) is 0.475. The number of piperidine rings is 1. The Hall–Kier alpha value is -3.83. The van der Waals surface area contributed by atoms with Crippen LogP contribution < -0.4 is 10.1 Å². The minimum atomic E-state index is -4.67. The number of nitrogens with one attached hydrogen (secondary N) is 1. The molecule has 0 saturated carbocycles. The van der Waals surface area contributed by atoms with E-state index in [0.29, 0.717) is 41.7 Å². The monoisotopic (exact) mass is 519 g/mol. The lowest BCUT2D eigenvalue weighted by molar-refractivity contribution is -0.141. The molecule has 2 aromatic heterocycles. The molecule has 1 aliphatic rings. The molecule has 1 aromatic carbocycles. The summed E-state index contributed by atoms with van der Waals surface area (Å²) in [5.41, 5.74) is -0.942. The Labute approximate surface area is 211 Å². The summed E-state index contributed by atoms with van der Waals surface area (Å²) in [6.07, 6.45) is -2.64. The highest BCUT2D eigenvalue weighted by molar-refractivity contribution is 6.04. The van der Waals surface area contributed by atoms with Crippen LogP contribution in [0.5, 0.6) is 5.75 Å². The second-order valence-electron chi connectivity index (χ2n) is 10.1. The van der Waals surface area contributed by atoms with Gasteiger partial charge in [-0.3, -0.25) is 9.48 Å². The van der Waals surface area contributed by atoms with Gasteiger partial charge in [-0.15, -0.1) is 0 Å². The van der Waals surface area contributed by atoms with Crippen LogP contribution in [0.25, 0.3) is 10.9 Å². The fourth-order valence-corrected chi connectivity index (χ4v) is 4.69. The Morgan fingerprint density at radius 1 is 1.19 bits per heavy atom. The van der Waals surface area contributed by atoms with Gasteiger partial charge in [-0.05, 0) is 36.5 Å². The molecule has 2 amide bonds. The van der Waals surface area contributed by atoms with Gasteiger partial charge in [-0.1, -0.05) is 26.8 Å². The lowest BCUT2D eigenvalue weighted by Crippen LogP contribution is -2.51. The lowest BCUT2D eigenvalue weighted by atomic mass is 9.79. The molecule has 4 rings (SSSR count). The van der Waals surface area contributed by atoms with Crippen LogP contribution in [0.2, 0.25) is 0 Å². The summed E-state index contributed by atoms with van der Waals surface area (Å²) in [6.45, 7) is 6.40. The molecule has 0 spiro atoms. The van der Waals surface area contributed by atoms with Crippen molar-refractivity contribution in [2.75, 3.05) is 19.0 Å². The van der Waals surface area contributed by atoms with E-state index in [9.17, 15) is 27.9 Å². The van der Waals surface area contributed by atoms with E-state index in [4.69, 9.17) is 4.74 Å². The number of ether oxygens (including phenoxy) is 1. The number of nitrogens with zero attached hydrogens (tertiary/aromatic N) is 4. The second kappa shape index (κ2) is 9.56. The van der Waals surface area contributed by atoms with Gasteiger partial charge in [0.15, 0.2) is 0 Å². The molecule has 1 aliphatic heterocycles. The van der Waals surface area contributed by atoms with Gasteiger partial charge in [0, 0.05) is 35.9 Å². The molecule has 2 unspecified atom stereocenters. The Balaban J connectivity index is 1.61. The molecule has 0 aliphatic carbocycles. The third kappa shape index (κ3) is 5.47. The number of halogens is 3. The van der Waals surface area contributed by atoms with Gasteiger partial charge >= 0.3 is 12.3 Å². The maximum absolute atomic E-state index is 13.0. The van der Waals surface area contributed by atoms with E-state index in [1.165, 1.54) is 24.1 Å². The first-order valence-corrected chi connectivity index (χ1v) is 11.7. The van der Waals surface area contributed by atoms with Crippen LogP contribution in [-0.4, -0.2) is 56.5 Å². The lowest BCUT2D eigenvalue weighted by Gasteiger charge is -2.44.